The first-order chi connectivity index (χ1) is 7.63. The second-order valence-electron chi connectivity index (χ2n) is 3.57. The van der Waals surface area contributed by atoms with Crippen LogP contribution < -0.4 is 5.32 Å². The van der Waals surface area contributed by atoms with E-state index in [9.17, 15) is 14.5 Å². The van der Waals surface area contributed by atoms with Crippen molar-refractivity contribution in [2.75, 3.05) is 13.1 Å². The van der Waals surface area contributed by atoms with Crippen LogP contribution in [0.15, 0.2) is 18.2 Å². The number of benzene rings is 1. The average Bonchev–Trinajstić information content (AvgIpc) is 2.23. The molecule has 0 aliphatic carbocycles. The van der Waals surface area contributed by atoms with Gasteiger partial charge in [-0.05, 0) is 37.6 Å². The minimum atomic E-state index is -0.577. The van der Waals surface area contributed by atoms with Gasteiger partial charge in [-0.3, -0.25) is 10.1 Å². The van der Waals surface area contributed by atoms with Crippen molar-refractivity contribution >= 4 is 5.69 Å². The molecule has 0 saturated heterocycles. The van der Waals surface area contributed by atoms with Gasteiger partial charge in [0.15, 0.2) is 0 Å². The molecule has 5 heteroatoms. The van der Waals surface area contributed by atoms with Crippen LogP contribution in [0.3, 0.4) is 0 Å². The molecule has 0 heterocycles. The Hall–Kier alpha value is -1.49. The summed E-state index contributed by atoms with van der Waals surface area (Å²) in [5.41, 5.74) is 0.459. The molecular weight excluding hydrogens is 211 g/mol. The summed E-state index contributed by atoms with van der Waals surface area (Å²) >= 11 is 0. The molecule has 1 aromatic rings. The quantitative estimate of drug-likeness (QED) is 0.460. The fourth-order valence-corrected chi connectivity index (χ4v) is 1.42. The highest BCUT2D eigenvalue weighted by Gasteiger charge is 2.09. The Morgan fingerprint density at radius 2 is 2.12 bits per heavy atom. The van der Waals surface area contributed by atoms with Crippen molar-refractivity contribution in [3.63, 3.8) is 0 Å². The van der Waals surface area contributed by atoms with Crippen molar-refractivity contribution in [2.24, 2.45) is 0 Å². The highest BCUT2D eigenvalue weighted by atomic mass is 19.1. The zero-order valence-electron chi connectivity index (χ0n) is 9.20. The molecule has 1 rings (SSSR count). The van der Waals surface area contributed by atoms with E-state index in [0.29, 0.717) is 18.5 Å². The molecule has 0 amide bonds. The van der Waals surface area contributed by atoms with Gasteiger partial charge in [0.25, 0.3) is 5.69 Å². The third-order valence-corrected chi connectivity index (χ3v) is 2.17. The van der Waals surface area contributed by atoms with Crippen molar-refractivity contribution in [2.45, 2.75) is 19.8 Å². The predicted octanol–water partition coefficient (Wildman–Crippen LogP) is 2.28. The summed E-state index contributed by atoms with van der Waals surface area (Å²) in [5.74, 6) is -0.556. The predicted molar refractivity (Wildman–Crippen MR) is 59.9 cm³/mol. The highest BCUT2D eigenvalue weighted by Crippen LogP contribution is 2.16. The first-order valence-electron chi connectivity index (χ1n) is 5.28. The van der Waals surface area contributed by atoms with Crippen molar-refractivity contribution in [1.29, 1.82) is 0 Å². The number of hydrogen-bond donors (Lipinski definition) is 1. The molecule has 0 aliphatic rings. The second kappa shape index (κ2) is 6.17. The van der Waals surface area contributed by atoms with Crippen molar-refractivity contribution in [3.8, 4) is 0 Å². The van der Waals surface area contributed by atoms with Crippen LogP contribution in [0.4, 0.5) is 10.1 Å². The molecule has 0 saturated carbocycles. The average molecular weight is 226 g/mol. The molecule has 0 unspecified atom stereocenters. The van der Waals surface area contributed by atoms with Gasteiger partial charge in [0.1, 0.15) is 5.82 Å². The molecule has 4 nitrogen and oxygen atoms in total. The zero-order chi connectivity index (χ0) is 12.0. The van der Waals surface area contributed by atoms with Gasteiger partial charge in [-0.25, -0.2) is 4.39 Å². The molecule has 1 N–H and O–H groups in total. The number of non-ortho nitro benzene ring substituents is 1. The highest BCUT2D eigenvalue weighted by molar-refractivity contribution is 5.35. The summed E-state index contributed by atoms with van der Waals surface area (Å²) in [6, 6.07) is 3.68. The summed E-state index contributed by atoms with van der Waals surface area (Å²) in [7, 11) is 0. The molecule has 1 aromatic carbocycles. The van der Waals surface area contributed by atoms with E-state index in [-0.39, 0.29) is 5.69 Å². The van der Waals surface area contributed by atoms with Crippen LogP contribution in [-0.2, 0) is 6.42 Å². The van der Waals surface area contributed by atoms with Crippen LogP contribution in [0, 0.1) is 15.9 Å². The number of halogens is 1. The van der Waals surface area contributed by atoms with Crippen LogP contribution in [-0.4, -0.2) is 18.0 Å². The largest absolute Gasteiger partial charge is 0.316 e. The molecule has 0 aliphatic heterocycles. The summed E-state index contributed by atoms with van der Waals surface area (Å²) in [6.45, 7) is 3.66. The maximum absolute atomic E-state index is 13.0. The molecule has 0 bridgehead atoms. The van der Waals surface area contributed by atoms with Crippen molar-refractivity contribution in [3.05, 3.63) is 39.7 Å². The molecule has 0 atom stereocenters. The number of nitro benzene ring substituents is 1. The fraction of sp³-hybridized carbons (Fsp3) is 0.455. The van der Waals surface area contributed by atoms with E-state index in [0.717, 1.165) is 19.0 Å². The maximum Gasteiger partial charge on any atom is 0.272 e. The van der Waals surface area contributed by atoms with Crippen LogP contribution in [0.2, 0.25) is 0 Å². The minimum Gasteiger partial charge on any atom is -0.316 e. The lowest BCUT2D eigenvalue weighted by atomic mass is 10.1. The number of nitro groups is 1. The summed E-state index contributed by atoms with van der Waals surface area (Å²) in [4.78, 5) is 9.93. The second-order valence-corrected chi connectivity index (χ2v) is 3.57. The Kier molecular flexibility index (Phi) is 4.85. The maximum atomic E-state index is 13.0. The van der Waals surface area contributed by atoms with E-state index < -0.39 is 10.7 Å². The van der Waals surface area contributed by atoms with Crippen LogP contribution in [0.5, 0.6) is 0 Å². The van der Waals surface area contributed by atoms with E-state index in [1.807, 2.05) is 0 Å². The SMILES string of the molecule is CCCNCCc1cc(F)cc([N+](=O)[O-])c1. The molecule has 0 fully saturated rings. The molecule has 88 valence electrons. The van der Waals surface area contributed by atoms with E-state index >= 15 is 0 Å². The Morgan fingerprint density at radius 3 is 2.75 bits per heavy atom. The standard InChI is InChI=1S/C11H15FN2O2/c1-2-4-13-5-3-9-6-10(12)8-11(7-9)14(15)16/h6-8,13H,2-5H2,1H3. The third-order valence-electron chi connectivity index (χ3n) is 2.17. The molecule has 0 spiro atoms. The van der Waals surface area contributed by atoms with Gasteiger partial charge in [-0.1, -0.05) is 6.92 Å². The number of hydrogen-bond acceptors (Lipinski definition) is 3. The first-order valence-corrected chi connectivity index (χ1v) is 5.28. The number of rotatable bonds is 6. The Balaban J connectivity index is 2.62. The van der Waals surface area contributed by atoms with Gasteiger partial charge in [-0.2, -0.15) is 0 Å². The molecule has 0 aromatic heterocycles. The molecule has 16 heavy (non-hydrogen) atoms. The van der Waals surface area contributed by atoms with Gasteiger partial charge in [0, 0.05) is 6.07 Å². The van der Waals surface area contributed by atoms with Gasteiger partial charge >= 0.3 is 0 Å². The monoisotopic (exact) mass is 226 g/mol. The van der Waals surface area contributed by atoms with Crippen molar-refractivity contribution < 1.29 is 9.31 Å². The fourth-order valence-electron chi connectivity index (χ4n) is 1.42. The molecule has 0 radical (unpaired) electrons. The summed E-state index contributed by atoms with van der Waals surface area (Å²) < 4.78 is 13.0. The Morgan fingerprint density at radius 1 is 1.38 bits per heavy atom. The lowest BCUT2D eigenvalue weighted by molar-refractivity contribution is -0.385. The number of nitrogens with one attached hydrogen (secondary N) is 1. The Bertz CT molecular complexity index is 369. The molecular formula is C11H15FN2O2. The lowest BCUT2D eigenvalue weighted by Crippen LogP contribution is -2.17. The van der Waals surface area contributed by atoms with E-state index in [2.05, 4.69) is 12.2 Å². The van der Waals surface area contributed by atoms with E-state index in [1.165, 1.54) is 12.1 Å². The van der Waals surface area contributed by atoms with Crippen molar-refractivity contribution in [1.82, 2.24) is 5.32 Å². The van der Waals surface area contributed by atoms with Crippen LogP contribution in [0.1, 0.15) is 18.9 Å². The number of nitrogens with zero attached hydrogens (tertiary/aromatic N) is 1. The van der Waals surface area contributed by atoms with Gasteiger partial charge in [0.05, 0.1) is 11.0 Å². The minimum absolute atomic E-state index is 0.189. The smallest absolute Gasteiger partial charge is 0.272 e. The third kappa shape index (κ3) is 3.94. The van der Waals surface area contributed by atoms with Crippen LogP contribution in [0.25, 0.3) is 0 Å². The topological polar surface area (TPSA) is 55.2 Å². The lowest BCUT2D eigenvalue weighted by Gasteiger charge is -2.03. The summed E-state index contributed by atoms with van der Waals surface area (Å²) in [5, 5.41) is 13.7. The zero-order valence-corrected chi connectivity index (χ0v) is 9.20. The van der Waals surface area contributed by atoms with Gasteiger partial charge in [0.2, 0.25) is 0 Å². The van der Waals surface area contributed by atoms with E-state index in [1.54, 1.807) is 0 Å². The summed E-state index contributed by atoms with van der Waals surface area (Å²) in [6.07, 6.45) is 1.63. The van der Waals surface area contributed by atoms with E-state index in [4.69, 9.17) is 0 Å². The Labute approximate surface area is 93.6 Å². The van der Waals surface area contributed by atoms with Gasteiger partial charge < -0.3 is 5.32 Å². The van der Waals surface area contributed by atoms with Gasteiger partial charge in [-0.15, -0.1) is 0 Å². The first kappa shape index (κ1) is 12.6. The normalized spacial score (nSPS) is 10.4. The van der Waals surface area contributed by atoms with Crippen LogP contribution >= 0.6 is 0 Å².